The summed E-state index contributed by atoms with van der Waals surface area (Å²) in [7, 11) is 0. The van der Waals surface area contributed by atoms with Gasteiger partial charge in [-0.05, 0) is 12.8 Å². The van der Waals surface area contributed by atoms with Crippen LogP contribution in [-0.2, 0) is 9.59 Å². The summed E-state index contributed by atoms with van der Waals surface area (Å²) in [5, 5.41) is 0. The van der Waals surface area contributed by atoms with E-state index in [9.17, 15) is 9.59 Å². The number of hydrogen-bond donors (Lipinski definition) is 0. The van der Waals surface area contributed by atoms with Crippen LogP contribution in [0, 0.1) is 17.8 Å². The van der Waals surface area contributed by atoms with Gasteiger partial charge in [0.2, 0.25) is 0 Å². The zero-order chi connectivity index (χ0) is 12.6. The van der Waals surface area contributed by atoms with E-state index in [1.807, 2.05) is 41.5 Å². The molecular formula is C13H26O2. The first-order chi connectivity index (χ1) is 6.68. The second-order valence-corrected chi connectivity index (χ2v) is 5.01. The smallest absolute Gasteiger partial charge is 0.137 e. The van der Waals surface area contributed by atoms with E-state index >= 15 is 0 Å². The summed E-state index contributed by atoms with van der Waals surface area (Å²) in [6, 6.07) is 0. The van der Waals surface area contributed by atoms with E-state index in [-0.39, 0.29) is 17.6 Å². The molecule has 2 heteroatoms. The molecule has 0 amide bonds. The highest BCUT2D eigenvalue weighted by Gasteiger charge is 2.09. The Kier molecular flexibility index (Phi) is 9.64. The van der Waals surface area contributed by atoms with E-state index in [1.54, 1.807) is 6.92 Å². The summed E-state index contributed by atoms with van der Waals surface area (Å²) in [4.78, 5) is 21.1. The predicted octanol–water partition coefficient (Wildman–Crippen LogP) is 3.49. The van der Waals surface area contributed by atoms with Crippen LogP contribution in [0.15, 0.2) is 0 Å². The second kappa shape index (κ2) is 8.63. The van der Waals surface area contributed by atoms with Crippen LogP contribution in [0.1, 0.15) is 54.9 Å². The maximum absolute atomic E-state index is 10.8. The molecule has 0 rings (SSSR count). The lowest BCUT2D eigenvalue weighted by Crippen LogP contribution is -2.13. The van der Waals surface area contributed by atoms with Gasteiger partial charge in [-0.25, -0.2) is 0 Å². The summed E-state index contributed by atoms with van der Waals surface area (Å²) in [6.07, 6.45) is 0.722. The molecule has 0 unspecified atom stereocenters. The Morgan fingerprint density at radius 1 is 0.867 bits per heavy atom. The van der Waals surface area contributed by atoms with E-state index in [4.69, 9.17) is 0 Å². The van der Waals surface area contributed by atoms with Crippen LogP contribution in [0.4, 0.5) is 0 Å². The second-order valence-electron chi connectivity index (χ2n) is 5.01. The van der Waals surface area contributed by atoms with Crippen molar-refractivity contribution >= 4 is 11.6 Å². The summed E-state index contributed by atoms with van der Waals surface area (Å²) in [6.45, 7) is 13.4. The molecule has 90 valence electrons. The Morgan fingerprint density at radius 3 is 1.20 bits per heavy atom. The number of hydrogen-bond acceptors (Lipinski definition) is 2. The van der Waals surface area contributed by atoms with Gasteiger partial charge in [-0.3, -0.25) is 4.79 Å². The Morgan fingerprint density at radius 2 is 1.20 bits per heavy atom. The minimum absolute atomic E-state index is 0.204. The first kappa shape index (κ1) is 16.8. The van der Waals surface area contributed by atoms with Crippen LogP contribution in [0.25, 0.3) is 0 Å². The van der Waals surface area contributed by atoms with Gasteiger partial charge in [0.05, 0.1) is 0 Å². The molecule has 2 nitrogen and oxygen atoms in total. The molecule has 0 aliphatic rings. The van der Waals surface area contributed by atoms with Gasteiger partial charge < -0.3 is 4.79 Å². The van der Waals surface area contributed by atoms with Crippen molar-refractivity contribution < 1.29 is 9.59 Å². The van der Waals surface area contributed by atoms with Crippen LogP contribution < -0.4 is 0 Å². The highest BCUT2D eigenvalue weighted by molar-refractivity contribution is 5.82. The van der Waals surface area contributed by atoms with Gasteiger partial charge in [0, 0.05) is 18.3 Å². The molecule has 0 aromatic carbocycles. The van der Waals surface area contributed by atoms with E-state index < -0.39 is 0 Å². The van der Waals surface area contributed by atoms with Gasteiger partial charge in [-0.1, -0.05) is 41.5 Å². The van der Waals surface area contributed by atoms with Gasteiger partial charge in [-0.15, -0.1) is 0 Å². The van der Waals surface area contributed by atoms with Gasteiger partial charge >= 0.3 is 0 Å². The van der Waals surface area contributed by atoms with E-state index in [0.717, 1.165) is 6.42 Å². The topological polar surface area (TPSA) is 34.1 Å². The highest BCUT2D eigenvalue weighted by Crippen LogP contribution is 2.03. The van der Waals surface area contributed by atoms with Crippen LogP contribution in [0.5, 0.6) is 0 Å². The van der Waals surface area contributed by atoms with Crippen molar-refractivity contribution in [2.75, 3.05) is 0 Å². The maximum atomic E-state index is 10.8. The maximum Gasteiger partial charge on any atom is 0.137 e. The molecule has 0 N–H and O–H groups in total. The predicted molar refractivity (Wildman–Crippen MR) is 64.8 cm³/mol. The molecule has 0 radical (unpaired) electrons. The average molecular weight is 214 g/mol. The molecule has 0 aromatic rings. The quantitative estimate of drug-likeness (QED) is 0.718. The fourth-order valence-electron chi connectivity index (χ4n) is 1.24. The highest BCUT2D eigenvalue weighted by atomic mass is 16.1. The van der Waals surface area contributed by atoms with E-state index in [2.05, 4.69) is 0 Å². The fourth-order valence-corrected chi connectivity index (χ4v) is 1.24. The first-order valence-corrected chi connectivity index (χ1v) is 5.71. The van der Waals surface area contributed by atoms with Crippen LogP contribution in [0.3, 0.4) is 0 Å². The zero-order valence-electron chi connectivity index (χ0n) is 11.3. The van der Waals surface area contributed by atoms with Gasteiger partial charge in [0.15, 0.2) is 0 Å². The molecule has 0 fully saturated rings. The Balaban J connectivity index is 0. The Labute approximate surface area is 94.4 Å². The summed E-state index contributed by atoms with van der Waals surface area (Å²) < 4.78 is 0. The van der Waals surface area contributed by atoms with Gasteiger partial charge in [0.1, 0.15) is 11.6 Å². The minimum Gasteiger partial charge on any atom is -0.300 e. The lowest BCUT2D eigenvalue weighted by Gasteiger charge is -2.05. The van der Waals surface area contributed by atoms with Crippen molar-refractivity contribution in [3.8, 4) is 0 Å². The van der Waals surface area contributed by atoms with Gasteiger partial charge in [-0.2, -0.15) is 0 Å². The molecule has 0 aromatic heterocycles. The number of carbonyl (C=O) groups excluding carboxylic acids is 2. The Bertz CT molecular complexity index is 181. The summed E-state index contributed by atoms with van der Waals surface area (Å²) >= 11 is 0. The van der Waals surface area contributed by atoms with E-state index in [1.165, 1.54) is 0 Å². The molecule has 0 saturated heterocycles. The number of Topliss-reactive ketones (excluding diaryl/α,β-unsaturated/α-hetero) is 2. The van der Waals surface area contributed by atoms with Crippen molar-refractivity contribution in [3.05, 3.63) is 0 Å². The van der Waals surface area contributed by atoms with Crippen molar-refractivity contribution in [2.45, 2.75) is 54.9 Å². The average Bonchev–Trinajstić information content (AvgIpc) is 2.00. The fraction of sp³-hybridized carbons (Fsp3) is 0.846. The van der Waals surface area contributed by atoms with Crippen molar-refractivity contribution in [1.82, 2.24) is 0 Å². The molecular weight excluding hydrogens is 188 g/mol. The van der Waals surface area contributed by atoms with E-state index in [0.29, 0.717) is 11.7 Å². The van der Waals surface area contributed by atoms with Crippen LogP contribution in [0.2, 0.25) is 0 Å². The summed E-state index contributed by atoms with van der Waals surface area (Å²) in [5.41, 5.74) is 0. The Hall–Kier alpha value is -0.660. The van der Waals surface area contributed by atoms with Crippen molar-refractivity contribution in [1.29, 1.82) is 0 Å². The SMILES string of the molecule is CC(=O)CC(C)C.CC(C)C(=O)C(C)C. The number of rotatable bonds is 4. The molecule has 0 heterocycles. The molecule has 0 saturated carbocycles. The molecule has 0 aliphatic heterocycles. The third kappa shape index (κ3) is 13.3. The van der Waals surface area contributed by atoms with Crippen molar-refractivity contribution in [3.63, 3.8) is 0 Å². The number of ketones is 2. The first-order valence-electron chi connectivity index (χ1n) is 5.71. The molecule has 0 spiro atoms. The largest absolute Gasteiger partial charge is 0.300 e. The molecule has 15 heavy (non-hydrogen) atoms. The molecule has 0 atom stereocenters. The lowest BCUT2D eigenvalue weighted by molar-refractivity contribution is -0.124. The van der Waals surface area contributed by atoms with Crippen LogP contribution in [-0.4, -0.2) is 11.6 Å². The zero-order valence-corrected chi connectivity index (χ0v) is 11.3. The standard InChI is InChI=1S/C7H14O.C6H12O/c1-5(2)7(8)6(3)4;1-5(2)4-6(3)7/h5-6H,1-4H3;5H,4H2,1-3H3. The third-order valence-corrected chi connectivity index (χ3v) is 1.83. The number of carbonyl (C=O) groups is 2. The van der Waals surface area contributed by atoms with Crippen LogP contribution >= 0.6 is 0 Å². The molecule has 0 bridgehead atoms. The normalized spacial score (nSPS) is 10.3. The monoisotopic (exact) mass is 214 g/mol. The summed E-state index contributed by atoms with van der Waals surface area (Å²) in [5.74, 6) is 1.57. The van der Waals surface area contributed by atoms with Crippen molar-refractivity contribution in [2.24, 2.45) is 17.8 Å². The van der Waals surface area contributed by atoms with Gasteiger partial charge in [0.25, 0.3) is 0 Å². The molecule has 0 aliphatic carbocycles. The minimum atomic E-state index is 0.204. The third-order valence-electron chi connectivity index (χ3n) is 1.83. The lowest BCUT2D eigenvalue weighted by atomic mass is 9.99.